The summed E-state index contributed by atoms with van der Waals surface area (Å²) in [5, 5.41) is 0. The number of likely N-dealkylation sites (N-methyl/N-ethyl adjacent to an activating group) is 2. The minimum atomic E-state index is 0.731. The maximum absolute atomic E-state index is 5.62. The molecule has 0 saturated carbocycles. The fourth-order valence-corrected chi connectivity index (χ4v) is 1.40. The van der Waals surface area contributed by atoms with Gasteiger partial charge >= 0.3 is 0 Å². The SMILES string of the molecule is CCN(CC)CCN(C)CCCl. The summed E-state index contributed by atoms with van der Waals surface area (Å²) in [6, 6.07) is 0. The number of halogens is 1. The van der Waals surface area contributed by atoms with Crippen LogP contribution in [-0.4, -0.2) is 55.5 Å². The molecule has 0 unspecified atom stereocenters. The van der Waals surface area contributed by atoms with Crippen LogP contribution in [0.15, 0.2) is 0 Å². The second-order valence-corrected chi connectivity index (χ2v) is 3.40. The van der Waals surface area contributed by atoms with Crippen molar-refractivity contribution < 1.29 is 0 Å². The number of nitrogens with zero attached hydrogens (tertiary/aromatic N) is 2. The average Bonchev–Trinajstić information content (AvgIpc) is 2.07. The predicted octanol–water partition coefficient (Wildman–Crippen LogP) is 1.50. The lowest BCUT2D eigenvalue weighted by atomic mass is 10.4. The molecule has 0 saturated heterocycles. The predicted molar refractivity (Wildman–Crippen MR) is 56.0 cm³/mol. The highest BCUT2D eigenvalue weighted by atomic mass is 35.5. The molecule has 0 rings (SSSR count). The lowest BCUT2D eigenvalue weighted by Crippen LogP contribution is -2.33. The third kappa shape index (κ3) is 5.81. The Hall–Kier alpha value is 0.210. The minimum absolute atomic E-state index is 0.731. The summed E-state index contributed by atoms with van der Waals surface area (Å²) in [6.45, 7) is 9.95. The molecule has 0 atom stereocenters. The summed E-state index contributed by atoms with van der Waals surface area (Å²) < 4.78 is 0. The van der Waals surface area contributed by atoms with Gasteiger partial charge in [-0.3, -0.25) is 0 Å². The van der Waals surface area contributed by atoms with E-state index in [-0.39, 0.29) is 0 Å². The molecule has 0 aliphatic heterocycles. The minimum Gasteiger partial charge on any atom is -0.304 e. The monoisotopic (exact) mass is 192 g/mol. The summed E-state index contributed by atoms with van der Waals surface area (Å²) in [5.41, 5.74) is 0. The molecule has 0 amide bonds. The average molecular weight is 193 g/mol. The van der Waals surface area contributed by atoms with Gasteiger partial charge in [0.2, 0.25) is 0 Å². The molecule has 0 aliphatic rings. The fourth-order valence-electron chi connectivity index (χ4n) is 1.11. The topological polar surface area (TPSA) is 6.48 Å². The normalized spacial score (nSPS) is 11.5. The van der Waals surface area contributed by atoms with Crippen LogP contribution in [0.2, 0.25) is 0 Å². The van der Waals surface area contributed by atoms with Gasteiger partial charge in [0, 0.05) is 25.5 Å². The van der Waals surface area contributed by atoms with Gasteiger partial charge in [0.15, 0.2) is 0 Å². The molecule has 12 heavy (non-hydrogen) atoms. The first kappa shape index (κ1) is 12.2. The zero-order valence-electron chi connectivity index (χ0n) is 8.52. The Labute approximate surface area is 81.5 Å². The molecule has 0 aliphatic carbocycles. The molecule has 0 spiro atoms. The molecule has 0 fully saturated rings. The number of hydrogen-bond donors (Lipinski definition) is 0. The van der Waals surface area contributed by atoms with Gasteiger partial charge < -0.3 is 9.80 Å². The lowest BCUT2D eigenvalue weighted by molar-refractivity contribution is 0.247. The van der Waals surface area contributed by atoms with Crippen LogP contribution >= 0.6 is 11.6 Å². The number of hydrogen-bond acceptors (Lipinski definition) is 2. The summed E-state index contributed by atoms with van der Waals surface area (Å²) in [5.74, 6) is 0.731. The van der Waals surface area contributed by atoms with E-state index in [4.69, 9.17) is 11.6 Å². The Bertz CT molecular complexity index is 94.5. The molecule has 0 aromatic carbocycles. The van der Waals surface area contributed by atoms with Crippen LogP contribution in [0, 0.1) is 0 Å². The lowest BCUT2D eigenvalue weighted by Gasteiger charge is -2.22. The van der Waals surface area contributed by atoms with Crippen molar-refractivity contribution in [2.24, 2.45) is 0 Å². The van der Waals surface area contributed by atoms with Crippen LogP contribution in [0.4, 0.5) is 0 Å². The first-order chi connectivity index (χ1) is 5.74. The summed E-state index contributed by atoms with van der Waals surface area (Å²) in [6.07, 6.45) is 0. The van der Waals surface area contributed by atoms with E-state index in [0.29, 0.717) is 0 Å². The van der Waals surface area contributed by atoms with E-state index >= 15 is 0 Å². The van der Waals surface area contributed by atoms with Crippen LogP contribution in [-0.2, 0) is 0 Å². The van der Waals surface area contributed by atoms with Crippen molar-refractivity contribution in [2.45, 2.75) is 13.8 Å². The molecule has 0 bridgehead atoms. The largest absolute Gasteiger partial charge is 0.304 e. The van der Waals surface area contributed by atoms with Crippen molar-refractivity contribution >= 4 is 11.6 Å². The summed E-state index contributed by atoms with van der Waals surface area (Å²) in [7, 11) is 2.12. The molecule has 0 heterocycles. The fraction of sp³-hybridized carbons (Fsp3) is 1.00. The van der Waals surface area contributed by atoms with E-state index in [1.54, 1.807) is 0 Å². The van der Waals surface area contributed by atoms with Crippen LogP contribution in [0.1, 0.15) is 13.8 Å². The Morgan fingerprint density at radius 3 is 2.00 bits per heavy atom. The van der Waals surface area contributed by atoms with Gasteiger partial charge in [0.05, 0.1) is 0 Å². The van der Waals surface area contributed by atoms with Crippen LogP contribution in [0.3, 0.4) is 0 Å². The van der Waals surface area contributed by atoms with E-state index < -0.39 is 0 Å². The van der Waals surface area contributed by atoms with Crippen molar-refractivity contribution in [1.29, 1.82) is 0 Å². The smallest absolute Gasteiger partial charge is 0.0351 e. The number of rotatable bonds is 7. The van der Waals surface area contributed by atoms with Crippen LogP contribution in [0.25, 0.3) is 0 Å². The Morgan fingerprint density at radius 2 is 1.58 bits per heavy atom. The van der Waals surface area contributed by atoms with Gasteiger partial charge in [-0.25, -0.2) is 0 Å². The quantitative estimate of drug-likeness (QED) is 0.565. The van der Waals surface area contributed by atoms with Crippen molar-refractivity contribution in [3.63, 3.8) is 0 Å². The highest BCUT2D eigenvalue weighted by molar-refractivity contribution is 6.18. The Kier molecular flexibility index (Phi) is 7.98. The molecular weight excluding hydrogens is 172 g/mol. The molecule has 0 radical (unpaired) electrons. The molecule has 0 N–H and O–H groups in total. The van der Waals surface area contributed by atoms with Crippen molar-refractivity contribution in [3.05, 3.63) is 0 Å². The zero-order valence-corrected chi connectivity index (χ0v) is 9.27. The van der Waals surface area contributed by atoms with Crippen molar-refractivity contribution in [3.8, 4) is 0 Å². The van der Waals surface area contributed by atoms with E-state index in [9.17, 15) is 0 Å². The maximum Gasteiger partial charge on any atom is 0.0351 e. The van der Waals surface area contributed by atoms with Crippen LogP contribution in [0.5, 0.6) is 0 Å². The second kappa shape index (κ2) is 7.84. The van der Waals surface area contributed by atoms with Gasteiger partial charge in [-0.1, -0.05) is 13.8 Å². The van der Waals surface area contributed by atoms with E-state index in [2.05, 4.69) is 30.7 Å². The van der Waals surface area contributed by atoms with Gasteiger partial charge in [-0.15, -0.1) is 11.6 Å². The highest BCUT2D eigenvalue weighted by Gasteiger charge is 2.01. The third-order valence-electron chi connectivity index (χ3n) is 2.16. The molecule has 2 nitrogen and oxygen atoms in total. The number of alkyl halides is 1. The van der Waals surface area contributed by atoms with E-state index in [1.165, 1.54) is 0 Å². The van der Waals surface area contributed by atoms with Crippen LogP contribution < -0.4 is 0 Å². The van der Waals surface area contributed by atoms with Crippen molar-refractivity contribution in [2.75, 3.05) is 45.7 Å². The second-order valence-electron chi connectivity index (χ2n) is 3.02. The van der Waals surface area contributed by atoms with Gasteiger partial charge in [0.25, 0.3) is 0 Å². The van der Waals surface area contributed by atoms with Crippen molar-refractivity contribution in [1.82, 2.24) is 9.80 Å². The highest BCUT2D eigenvalue weighted by Crippen LogP contribution is 1.89. The standard InChI is InChI=1S/C9H21ClN2/c1-4-12(5-2)9-8-11(3)7-6-10/h4-9H2,1-3H3. The molecule has 0 aromatic rings. The first-order valence-electron chi connectivity index (χ1n) is 4.71. The summed E-state index contributed by atoms with van der Waals surface area (Å²) >= 11 is 5.62. The third-order valence-corrected chi connectivity index (χ3v) is 2.33. The summed E-state index contributed by atoms with van der Waals surface area (Å²) in [4.78, 5) is 4.69. The maximum atomic E-state index is 5.62. The zero-order chi connectivity index (χ0) is 9.40. The van der Waals surface area contributed by atoms with Gasteiger partial charge in [-0.05, 0) is 20.1 Å². The van der Waals surface area contributed by atoms with Gasteiger partial charge in [0.1, 0.15) is 0 Å². The van der Waals surface area contributed by atoms with Gasteiger partial charge in [-0.2, -0.15) is 0 Å². The Balaban J connectivity index is 3.37. The first-order valence-corrected chi connectivity index (χ1v) is 5.24. The Morgan fingerprint density at radius 1 is 1.00 bits per heavy atom. The molecule has 3 heteroatoms. The molecule has 74 valence electrons. The van der Waals surface area contributed by atoms with E-state index in [1.807, 2.05) is 0 Å². The molecule has 0 aromatic heterocycles. The van der Waals surface area contributed by atoms with E-state index in [0.717, 1.165) is 38.6 Å². The molecular formula is C9H21ClN2.